The molecule has 0 aliphatic rings. The van der Waals surface area contributed by atoms with Gasteiger partial charge in [-0.15, -0.1) is 5.10 Å². The highest BCUT2D eigenvalue weighted by molar-refractivity contribution is 5.63. The number of nitrogen functional groups attached to an aromatic ring is 1. The summed E-state index contributed by atoms with van der Waals surface area (Å²) in [7, 11) is 0. The van der Waals surface area contributed by atoms with Gasteiger partial charge in [0.2, 0.25) is 0 Å². The van der Waals surface area contributed by atoms with Crippen molar-refractivity contribution in [1.82, 2.24) is 20.2 Å². The molecule has 5 nitrogen and oxygen atoms in total. The molecule has 2 N–H and O–H groups in total. The number of aryl methyl sites for hydroxylation is 1. The van der Waals surface area contributed by atoms with Gasteiger partial charge in [-0.25, -0.2) is 4.68 Å². The minimum absolute atomic E-state index is 0.104. The third-order valence-electron chi connectivity index (χ3n) is 3.44. The van der Waals surface area contributed by atoms with Gasteiger partial charge in [0, 0.05) is 11.3 Å². The van der Waals surface area contributed by atoms with E-state index in [4.69, 9.17) is 5.73 Å². The average molecular weight is 259 g/mol. The lowest BCUT2D eigenvalue weighted by Gasteiger charge is -2.25. The summed E-state index contributed by atoms with van der Waals surface area (Å²) in [6, 6.07) is 5.94. The Balaban J connectivity index is 2.47. The first-order valence-electron chi connectivity index (χ1n) is 6.61. The predicted molar refractivity (Wildman–Crippen MR) is 76.6 cm³/mol. The molecule has 5 heteroatoms. The molecule has 0 amide bonds. The Hall–Kier alpha value is -1.91. The molecular weight excluding hydrogens is 238 g/mol. The molecule has 0 saturated heterocycles. The van der Waals surface area contributed by atoms with Gasteiger partial charge in [0.05, 0.1) is 5.54 Å². The van der Waals surface area contributed by atoms with E-state index in [0.29, 0.717) is 0 Å². The van der Waals surface area contributed by atoms with E-state index < -0.39 is 0 Å². The van der Waals surface area contributed by atoms with Crippen LogP contribution in [0.15, 0.2) is 18.2 Å². The summed E-state index contributed by atoms with van der Waals surface area (Å²) in [6.45, 7) is 8.45. The second kappa shape index (κ2) is 4.99. The molecule has 1 heterocycles. The number of hydrogen-bond acceptors (Lipinski definition) is 4. The van der Waals surface area contributed by atoms with E-state index in [-0.39, 0.29) is 5.54 Å². The zero-order chi connectivity index (χ0) is 14.0. The number of tetrazole rings is 1. The maximum Gasteiger partial charge on any atom is 0.182 e. The fourth-order valence-corrected chi connectivity index (χ4v) is 2.27. The number of nitrogens with two attached hydrogens (primary N) is 1. The van der Waals surface area contributed by atoms with Crippen LogP contribution in [0.25, 0.3) is 11.4 Å². The fraction of sp³-hybridized carbons (Fsp3) is 0.500. The van der Waals surface area contributed by atoms with Crippen LogP contribution in [0.5, 0.6) is 0 Å². The summed E-state index contributed by atoms with van der Waals surface area (Å²) in [5.41, 5.74) is 8.65. The topological polar surface area (TPSA) is 69.6 Å². The number of anilines is 1. The minimum Gasteiger partial charge on any atom is -0.398 e. The molecule has 2 aromatic rings. The van der Waals surface area contributed by atoms with Gasteiger partial charge in [-0.05, 0) is 49.2 Å². The zero-order valence-corrected chi connectivity index (χ0v) is 12.0. The summed E-state index contributed by atoms with van der Waals surface area (Å²) in [5, 5.41) is 12.1. The molecule has 2 rings (SSSR count). The molecule has 0 radical (unpaired) electrons. The summed E-state index contributed by atoms with van der Waals surface area (Å²) in [4.78, 5) is 0. The van der Waals surface area contributed by atoms with Crippen molar-refractivity contribution in [2.45, 2.75) is 46.1 Å². The number of hydrogen-bond donors (Lipinski definition) is 1. The van der Waals surface area contributed by atoms with E-state index in [2.05, 4.69) is 36.3 Å². The van der Waals surface area contributed by atoms with Gasteiger partial charge >= 0.3 is 0 Å². The molecule has 0 unspecified atom stereocenters. The quantitative estimate of drug-likeness (QED) is 0.857. The molecule has 102 valence electrons. The molecule has 0 atom stereocenters. The predicted octanol–water partition coefficient (Wildman–Crippen LogP) is 2.77. The smallest absolute Gasteiger partial charge is 0.182 e. The Morgan fingerprint density at radius 3 is 2.68 bits per heavy atom. The normalized spacial score (nSPS) is 11.8. The van der Waals surface area contributed by atoms with Crippen molar-refractivity contribution in [3.63, 3.8) is 0 Å². The van der Waals surface area contributed by atoms with Crippen molar-refractivity contribution in [3.8, 4) is 11.4 Å². The van der Waals surface area contributed by atoms with E-state index in [1.807, 2.05) is 29.8 Å². The second-order valence-corrected chi connectivity index (χ2v) is 5.55. The molecule has 1 aromatic carbocycles. The highest BCUT2D eigenvalue weighted by Crippen LogP contribution is 2.28. The maximum absolute atomic E-state index is 5.97. The van der Waals surface area contributed by atoms with Gasteiger partial charge in [0.1, 0.15) is 0 Å². The molecule has 0 aliphatic carbocycles. The van der Waals surface area contributed by atoms with Gasteiger partial charge in [-0.2, -0.15) is 0 Å². The number of rotatable bonds is 4. The van der Waals surface area contributed by atoms with Crippen LogP contribution in [-0.2, 0) is 5.54 Å². The van der Waals surface area contributed by atoms with Gasteiger partial charge in [-0.1, -0.05) is 25.5 Å². The van der Waals surface area contributed by atoms with Crippen molar-refractivity contribution in [2.75, 3.05) is 5.73 Å². The van der Waals surface area contributed by atoms with Crippen LogP contribution in [0.2, 0.25) is 0 Å². The van der Waals surface area contributed by atoms with E-state index >= 15 is 0 Å². The molecule has 0 spiro atoms. The summed E-state index contributed by atoms with van der Waals surface area (Å²) < 4.78 is 1.89. The third-order valence-corrected chi connectivity index (χ3v) is 3.44. The highest BCUT2D eigenvalue weighted by Gasteiger charge is 2.25. The van der Waals surface area contributed by atoms with Gasteiger partial charge in [0.25, 0.3) is 0 Å². The van der Waals surface area contributed by atoms with Crippen molar-refractivity contribution in [2.24, 2.45) is 0 Å². The highest BCUT2D eigenvalue weighted by atomic mass is 15.6. The molecule has 0 fully saturated rings. The second-order valence-electron chi connectivity index (χ2n) is 5.55. The standard InChI is InChI=1S/C14H21N5/c1-5-8-14(3,4)19-13(16-17-18-19)11-7-6-10(2)12(15)9-11/h6-7,9H,5,8,15H2,1-4H3. The maximum atomic E-state index is 5.97. The van der Waals surface area contributed by atoms with Crippen LogP contribution >= 0.6 is 0 Å². The van der Waals surface area contributed by atoms with Gasteiger partial charge < -0.3 is 5.73 Å². The Bertz CT molecular complexity index is 571. The number of nitrogens with zero attached hydrogens (tertiary/aromatic N) is 4. The van der Waals surface area contributed by atoms with Crippen molar-refractivity contribution in [3.05, 3.63) is 23.8 Å². The van der Waals surface area contributed by atoms with E-state index in [9.17, 15) is 0 Å². The largest absolute Gasteiger partial charge is 0.398 e. The van der Waals surface area contributed by atoms with Crippen molar-refractivity contribution >= 4 is 5.69 Å². The molecule has 1 aromatic heterocycles. The lowest BCUT2D eigenvalue weighted by molar-refractivity contribution is 0.290. The Morgan fingerprint density at radius 2 is 2.05 bits per heavy atom. The van der Waals surface area contributed by atoms with Crippen LogP contribution in [-0.4, -0.2) is 20.2 Å². The molecular formula is C14H21N5. The van der Waals surface area contributed by atoms with Crippen LogP contribution in [0.1, 0.15) is 39.2 Å². The monoisotopic (exact) mass is 259 g/mol. The average Bonchev–Trinajstić information content (AvgIpc) is 2.82. The van der Waals surface area contributed by atoms with Crippen LogP contribution in [0, 0.1) is 6.92 Å². The first kappa shape index (κ1) is 13.5. The zero-order valence-electron chi connectivity index (χ0n) is 12.0. The van der Waals surface area contributed by atoms with Crippen molar-refractivity contribution in [1.29, 1.82) is 0 Å². The summed E-state index contributed by atoms with van der Waals surface area (Å²) in [5.74, 6) is 0.769. The Kier molecular flexibility index (Phi) is 3.55. The molecule has 0 bridgehead atoms. The van der Waals surface area contributed by atoms with Crippen molar-refractivity contribution < 1.29 is 0 Å². The van der Waals surface area contributed by atoms with Crippen LogP contribution < -0.4 is 5.73 Å². The summed E-state index contributed by atoms with van der Waals surface area (Å²) >= 11 is 0. The first-order chi connectivity index (χ1) is 8.95. The minimum atomic E-state index is -0.104. The third kappa shape index (κ3) is 2.59. The fourth-order valence-electron chi connectivity index (χ4n) is 2.27. The van der Waals surface area contributed by atoms with E-state index in [0.717, 1.165) is 35.5 Å². The van der Waals surface area contributed by atoms with Crippen LogP contribution in [0.4, 0.5) is 5.69 Å². The first-order valence-corrected chi connectivity index (χ1v) is 6.61. The molecule has 0 aliphatic heterocycles. The van der Waals surface area contributed by atoms with Gasteiger partial charge in [0.15, 0.2) is 5.82 Å². The SMILES string of the molecule is CCCC(C)(C)n1nnnc1-c1ccc(C)c(N)c1. The lowest BCUT2D eigenvalue weighted by Crippen LogP contribution is -2.28. The Morgan fingerprint density at radius 1 is 1.32 bits per heavy atom. The molecule has 19 heavy (non-hydrogen) atoms. The van der Waals surface area contributed by atoms with Crippen LogP contribution in [0.3, 0.4) is 0 Å². The lowest BCUT2D eigenvalue weighted by atomic mass is 9.98. The molecule has 0 saturated carbocycles. The summed E-state index contributed by atoms with van der Waals surface area (Å²) in [6.07, 6.45) is 2.11. The number of aromatic nitrogens is 4. The number of benzene rings is 1. The Labute approximate surface area is 113 Å². The van der Waals surface area contributed by atoms with E-state index in [1.54, 1.807) is 0 Å². The van der Waals surface area contributed by atoms with Gasteiger partial charge in [-0.3, -0.25) is 0 Å². The van der Waals surface area contributed by atoms with E-state index in [1.165, 1.54) is 0 Å².